The van der Waals surface area contributed by atoms with Crippen LogP contribution in [0.3, 0.4) is 0 Å². The van der Waals surface area contributed by atoms with Crippen molar-refractivity contribution in [1.82, 2.24) is 4.98 Å². The third-order valence-corrected chi connectivity index (χ3v) is 2.47. The lowest BCUT2D eigenvalue weighted by Crippen LogP contribution is -1.97. The number of nitrogens with zero attached hydrogens (tertiary/aromatic N) is 1. The SMILES string of the molecule is COc1ccc(N)c(Oc2ccc(F)c(Cl)c2)n1. The summed E-state index contributed by atoms with van der Waals surface area (Å²) in [5.74, 6) is 0.369. The first-order valence-electron chi connectivity index (χ1n) is 5.03. The van der Waals surface area contributed by atoms with Crippen molar-refractivity contribution in [1.29, 1.82) is 0 Å². The molecule has 2 rings (SSSR count). The van der Waals surface area contributed by atoms with E-state index < -0.39 is 5.82 Å². The molecule has 1 aromatic heterocycles. The first-order chi connectivity index (χ1) is 8.60. The number of hydrogen-bond acceptors (Lipinski definition) is 4. The van der Waals surface area contributed by atoms with Crippen LogP contribution in [0.2, 0.25) is 5.02 Å². The van der Waals surface area contributed by atoms with Gasteiger partial charge in [0.1, 0.15) is 11.6 Å². The van der Waals surface area contributed by atoms with E-state index in [4.69, 9.17) is 26.8 Å². The molecule has 2 aromatic rings. The van der Waals surface area contributed by atoms with Gasteiger partial charge in [0.15, 0.2) is 0 Å². The molecule has 6 heteroatoms. The topological polar surface area (TPSA) is 57.4 Å². The third kappa shape index (κ3) is 2.62. The minimum absolute atomic E-state index is 0.0334. The smallest absolute Gasteiger partial charge is 0.246 e. The molecule has 1 heterocycles. The number of ether oxygens (including phenoxy) is 2. The number of halogens is 2. The summed E-state index contributed by atoms with van der Waals surface area (Å²) in [6, 6.07) is 7.19. The molecule has 18 heavy (non-hydrogen) atoms. The lowest BCUT2D eigenvalue weighted by molar-refractivity contribution is 0.384. The standard InChI is InChI=1S/C12H10ClFN2O2/c1-17-11-5-4-10(15)12(16-11)18-7-2-3-9(14)8(13)6-7/h2-6H,15H2,1H3. The van der Waals surface area contributed by atoms with E-state index in [9.17, 15) is 4.39 Å². The second-order valence-electron chi connectivity index (χ2n) is 3.43. The normalized spacial score (nSPS) is 10.2. The highest BCUT2D eigenvalue weighted by molar-refractivity contribution is 6.30. The Labute approximate surface area is 108 Å². The Morgan fingerprint density at radius 2 is 2.06 bits per heavy atom. The molecule has 0 saturated carbocycles. The monoisotopic (exact) mass is 268 g/mol. The van der Waals surface area contributed by atoms with Crippen LogP contribution < -0.4 is 15.2 Å². The Bertz CT molecular complexity index is 578. The van der Waals surface area contributed by atoms with E-state index in [0.717, 1.165) is 0 Å². The average Bonchev–Trinajstić information content (AvgIpc) is 2.36. The van der Waals surface area contributed by atoms with Crippen molar-refractivity contribution >= 4 is 17.3 Å². The van der Waals surface area contributed by atoms with Crippen LogP contribution in [0.15, 0.2) is 30.3 Å². The quantitative estimate of drug-likeness (QED) is 0.928. The summed E-state index contributed by atoms with van der Waals surface area (Å²) in [5, 5.41) is -0.0334. The molecule has 2 N–H and O–H groups in total. The first kappa shape index (κ1) is 12.4. The molecule has 0 bridgehead atoms. The van der Waals surface area contributed by atoms with Crippen LogP contribution in [0.1, 0.15) is 0 Å². The lowest BCUT2D eigenvalue weighted by atomic mass is 10.3. The predicted octanol–water partition coefficient (Wildman–Crippen LogP) is 3.26. The number of nitrogen functional groups attached to an aromatic ring is 1. The van der Waals surface area contributed by atoms with Gasteiger partial charge < -0.3 is 15.2 Å². The highest BCUT2D eigenvalue weighted by Crippen LogP contribution is 2.29. The van der Waals surface area contributed by atoms with Gasteiger partial charge >= 0.3 is 0 Å². The molecule has 0 aliphatic heterocycles. The molecule has 4 nitrogen and oxygen atoms in total. The predicted molar refractivity (Wildman–Crippen MR) is 66.7 cm³/mol. The zero-order chi connectivity index (χ0) is 13.1. The number of benzene rings is 1. The molecular weight excluding hydrogens is 259 g/mol. The van der Waals surface area contributed by atoms with Gasteiger partial charge in [-0.25, -0.2) is 4.39 Å². The Morgan fingerprint density at radius 1 is 1.28 bits per heavy atom. The molecule has 0 spiro atoms. The van der Waals surface area contributed by atoms with Crippen LogP contribution >= 0.6 is 11.6 Å². The fourth-order valence-corrected chi connectivity index (χ4v) is 1.45. The second kappa shape index (κ2) is 5.10. The van der Waals surface area contributed by atoms with Crippen LogP contribution in [0.5, 0.6) is 17.5 Å². The number of rotatable bonds is 3. The average molecular weight is 269 g/mol. The minimum atomic E-state index is -0.518. The molecular formula is C12H10ClFN2O2. The molecule has 0 aliphatic rings. The number of anilines is 1. The van der Waals surface area contributed by atoms with Crippen molar-refractivity contribution < 1.29 is 13.9 Å². The summed E-state index contributed by atoms with van der Waals surface area (Å²) in [6.45, 7) is 0. The highest BCUT2D eigenvalue weighted by Gasteiger charge is 2.08. The Balaban J connectivity index is 2.30. The van der Waals surface area contributed by atoms with Crippen LogP contribution in [0.25, 0.3) is 0 Å². The van der Waals surface area contributed by atoms with E-state index in [0.29, 0.717) is 17.3 Å². The van der Waals surface area contributed by atoms with Crippen molar-refractivity contribution in [2.75, 3.05) is 12.8 Å². The van der Waals surface area contributed by atoms with Crippen molar-refractivity contribution in [2.24, 2.45) is 0 Å². The van der Waals surface area contributed by atoms with Gasteiger partial charge in [0.2, 0.25) is 11.8 Å². The maximum atomic E-state index is 13.0. The zero-order valence-electron chi connectivity index (χ0n) is 9.48. The summed E-state index contributed by atoms with van der Waals surface area (Å²) in [5.41, 5.74) is 6.05. The van der Waals surface area contributed by atoms with E-state index >= 15 is 0 Å². The number of hydrogen-bond donors (Lipinski definition) is 1. The number of methoxy groups -OCH3 is 1. The van der Waals surface area contributed by atoms with Gasteiger partial charge in [0.05, 0.1) is 17.8 Å². The van der Waals surface area contributed by atoms with Gasteiger partial charge in [0, 0.05) is 12.1 Å². The Hall–Kier alpha value is -2.01. The van der Waals surface area contributed by atoms with Gasteiger partial charge in [-0.1, -0.05) is 11.6 Å². The minimum Gasteiger partial charge on any atom is -0.481 e. The van der Waals surface area contributed by atoms with Crippen molar-refractivity contribution in [3.05, 3.63) is 41.2 Å². The largest absolute Gasteiger partial charge is 0.481 e. The van der Waals surface area contributed by atoms with Gasteiger partial charge in [0.25, 0.3) is 0 Å². The van der Waals surface area contributed by atoms with E-state index in [1.54, 1.807) is 12.1 Å². The molecule has 0 radical (unpaired) electrons. The van der Waals surface area contributed by atoms with Gasteiger partial charge in [-0.05, 0) is 18.2 Å². The number of pyridine rings is 1. The second-order valence-corrected chi connectivity index (χ2v) is 3.83. The van der Waals surface area contributed by atoms with Crippen molar-refractivity contribution in [3.63, 3.8) is 0 Å². The Kier molecular flexibility index (Phi) is 3.53. The first-order valence-corrected chi connectivity index (χ1v) is 5.41. The number of nitrogens with two attached hydrogens (primary N) is 1. The lowest BCUT2D eigenvalue weighted by Gasteiger charge is -2.09. The maximum absolute atomic E-state index is 13.0. The molecule has 0 fully saturated rings. The van der Waals surface area contributed by atoms with Crippen LogP contribution in [0, 0.1) is 5.82 Å². The molecule has 0 unspecified atom stereocenters. The van der Waals surface area contributed by atoms with Gasteiger partial charge in [-0.3, -0.25) is 0 Å². The van der Waals surface area contributed by atoms with Crippen LogP contribution in [-0.4, -0.2) is 12.1 Å². The summed E-state index contributed by atoms with van der Waals surface area (Å²) in [7, 11) is 1.48. The van der Waals surface area contributed by atoms with Gasteiger partial charge in [-0.2, -0.15) is 4.98 Å². The molecule has 1 aromatic carbocycles. The number of aromatic nitrogens is 1. The summed E-state index contributed by atoms with van der Waals surface area (Å²) < 4.78 is 23.4. The van der Waals surface area contributed by atoms with E-state index in [2.05, 4.69) is 4.98 Å². The third-order valence-electron chi connectivity index (χ3n) is 2.18. The molecule has 94 valence electrons. The van der Waals surface area contributed by atoms with Crippen molar-refractivity contribution in [3.8, 4) is 17.5 Å². The van der Waals surface area contributed by atoms with Gasteiger partial charge in [-0.15, -0.1) is 0 Å². The summed E-state index contributed by atoms with van der Waals surface area (Å²) in [6.07, 6.45) is 0. The van der Waals surface area contributed by atoms with Crippen LogP contribution in [0.4, 0.5) is 10.1 Å². The maximum Gasteiger partial charge on any atom is 0.246 e. The van der Waals surface area contributed by atoms with Crippen LogP contribution in [-0.2, 0) is 0 Å². The summed E-state index contributed by atoms with van der Waals surface area (Å²) >= 11 is 5.65. The zero-order valence-corrected chi connectivity index (χ0v) is 10.2. The summed E-state index contributed by atoms with van der Waals surface area (Å²) in [4.78, 5) is 4.03. The fourth-order valence-electron chi connectivity index (χ4n) is 1.28. The van der Waals surface area contributed by atoms with Crippen molar-refractivity contribution in [2.45, 2.75) is 0 Å². The molecule has 0 saturated heterocycles. The molecule has 0 amide bonds. The highest BCUT2D eigenvalue weighted by atomic mass is 35.5. The van der Waals surface area contributed by atoms with E-state index in [1.165, 1.54) is 25.3 Å². The Morgan fingerprint density at radius 3 is 2.72 bits per heavy atom. The molecule has 0 aliphatic carbocycles. The van der Waals surface area contributed by atoms with E-state index in [-0.39, 0.29) is 10.9 Å². The van der Waals surface area contributed by atoms with E-state index in [1.807, 2.05) is 0 Å². The fraction of sp³-hybridized carbons (Fsp3) is 0.0833. The molecule has 0 atom stereocenters.